The summed E-state index contributed by atoms with van der Waals surface area (Å²) in [7, 11) is 3.63. The van der Waals surface area contributed by atoms with E-state index in [0.717, 1.165) is 17.0 Å². The number of methoxy groups -OCH3 is 1. The van der Waals surface area contributed by atoms with Crippen LogP contribution in [-0.2, 0) is 6.54 Å². The number of aromatic nitrogens is 1. The van der Waals surface area contributed by atoms with Gasteiger partial charge in [0.15, 0.2) is 0 Å². The summed E-state index contributed by atoms with van der Waals surface area (Å²) in [6.07, 6.45) is 1.78. The molecule has 1 atom stereocenters. The highest BCUT2D eigenvalue weighted by molar-refractivity contribution is 5.29. The standard InChI is InChI=1S/C16H20N2O2/c1-18(11-14-5-3-4-10-17-14)16(12-19)13-6-8-15(20-2)9-7-13/h3-10,16,19H,11-12H2,1-2H3. The van der Waals surface area contributed by atoms with Crippen molar-refractivity contribution in [1.29, 1.82) is 0 Å². The van der Waals surface area contributed by atoms with Gasteiger partial charge in [-0.05, 0) is 36.9 Å². The number of pyridine rings is 1. The van der Waals surface area contributed by atoms with Crippen LogP contribution in [0.4, 0.5) is 0 Å². The van der Waals surface area contributed by atoms with Crippen LogP contribution in [0.25, 0.3) is 0 Å². The molecule has 0 saturated carbocycles. The van der Waals surface area contributed by atoms with E-state index in [1.165, 1.54) is 0 Å². The van der Waals surface area contributed by atoms with Gasteiger partial charge in [0.1, 0.15) is 5.75 Å². The van der Waals surface area contributed by atoms with E-state index in [0.29, 0.717) is 6.54 Å². The summed E-state index contributed by atoms with van der Waals surface area (Å²) in [5.74, 6) is 0.817. The molecular weight excluding hydrogens is 252 g/mol. The molecular formula is C16H20N2O2. The van der Waals surface area contributed by atoms with Gasteiger partial charge in [-0.15, -0.1) is 0 Å². The van der Waals surface area contributed by atoms with Gasteiger partial charge in [-0.2, -0.15) is 0 Å². The topological polar surface area (TPSA) is 45.6 Å². The van der Waals surface area contributed by atoms with Crippen molar-refractivity contribution in [3.8, 4) is 5.75 Å². The smallest absolute Gasteiger partial charge is 0.118 e. The van der Waals surface area contributed by atoms with E-state index in [1.807, 2.05) is 49.5 Å². The Labute approximate surface area is 119 Å². The van der Waals surface area contributed by atoms with E-state index in [-0.39, 0.29) is 12.6 Å². The van der Waals surface area contributed by atoms with Crippen molar-refractivity contribution in [3.05, 3.63) is 59.9 Å². The molecule has 2 rings (SSSR count). The van der Waals surface area contributed by atoms with Crippen molar-refractivity contribution in [2.75, 3.05) is 20.8 Å². The van der Waals surface area contributed by atoms with Gasteiger partial charge in [0.25, 0.3) is 0 Å². The minimum Gasteiger partial charge on any atom is -0.497 e. The van der Waals surface area contributed by atoms with E-state index >= 15 is 0 Å². The average molecular weight is 272 g/mol. The fraction of sp³-hybridized carbons (Fsp3) is 0.312. The molecule has 0 aliphatic heterocycles. The van der Waals surface area contributed by atoms with Crippen molar-refractivity contribution in [2.24, 2.45) is 0 Å². The van der Waals surface area contributed by atoms with Crippen molar-refractivity contribution in [3.63, 3.8) is 0 Å². The molecule has 1 N–H and O–H groups in total. The molecule has 1 heterocycles. The van der Waals surface area contributed by atoms with Crippen LogP contribution in [0.3, 0.4) is 0 Å². The Balaban J connectivity index is 2.10. The Morgan fingerprint density at radius 1 is 1.20 bits per heavy atom. The lowest BCUT2D eigenvalue weighted by Crippen LogP contribution is -2.27. The van der Waals surface area contributed by atoms with Gasteiger partial charge in [-0.25, -0.2) is 0 Å². The first-order chi connectivity index (χ1) is 9.74. The molecule has 4 nitrogen and oxygen atoms in total. The lowest BCUT2D eigenvalue weighted by Gasteiger charge is -2.26. The van der Waals surface area contributed by atoms with Crippen LogP contribution in [0.5, 0.6) is 5.75 Å². The third-order valence-corrected chi connectivity index (χ3v) is 3.34. The molecule has 20 heavy (non-hydrogen) atoms. The van der Waals surface area contributed by atoms with Crippen LogP contribution >= 0.6 is 0 Å². The molecule has 1 unspecified atom stereocenters. The maximum absolute atomic E-state index is 9.66. The van der Waals surface area contributed by atoms with Crippen molar-refractivity contribution >= 4 is 0 Å². The number of nitrogens with zero attached hydrogens (tertiary/aromatic N) is 2. The Hall–Kier alpha value is -1.91. The van der Waals surface area contributed by atoms with Crippen molar-refractivity contribution < 1.29 is 9.84 Å². The first-order valence-corrected chi connectivity index (χ1v) is 6.59. The number of aliphatic hydroxyl groups is 1. The minimum absolute atomic E-state index is 0.0529. The summed E-state index contributed by atoms with van der Waals surface area (Å²) < 4.78 is 5.15. The number of benzene rings is 1. The second kappa shape index (κ2) is 7.03. The molecule has 0 amide bonds. The average Bonchev–Trinajstić information content (AvgIpc) is 2.49. The van der Waals surface area contributed by atoms with E-state index in [2.05, 4.69) is 9.88 Å². The second-order valence-electron chi connectivity index (χ2n) is 4.71. The fourth-order valence-electron chi connectivity index (χ4n) is 2.18. The first-order valence-electron chi connectivity index (χ1n) is 6.59. The zero-order valence-corrected chi connectivity index (χ0v) is 11.9. The minimum atomic E-state index is -0.0529. The maximum Gasteiger partial charge on any atom is 0.118 e. The number of likely N-dealkylation sites (N-methyl/N-ethyl adjacent to an activating group) is 1. The SMILES string of the molecule is COc1ccc(C(CO)N(C)Cc2ccccn2)cc1. The Kier molecular flexibility index (Phi) is 5.09. The van der Waals surface area contributed by atoms with Gasteiger partial charge in [0.2, 0.25) is 0 Å². The summed E-state index contributed by atoms with van der Waals surface area (Å²) in [4.78, 5) is 6.40. The Morgan fingerprint density at radius 2 is 1.95 bits per heavy atom. The number of hydrogen-bond acceptors (Lipinski definition) is 4. The zero-order valence-electron chi connectivity index (χ0n) is 11.9. The van der Waals surface area contributed by atoms with Crippen molar-refractivity contribution in [2.45, 2.75) is 12.6 Å². The number of aliphatic hydroxyl groups excluding tert-OH is 1. The molecule has 0 aliphatic carbocycles. The van der Waals surface area contributed by atoms with Gasteiger partial charge >= 0.3 is 0 Å². The van der Waals surface area contributed by atoms with Crippen molar-refractivity contribution in [1.82, 2.24) is 9.88 Å². The molecule has 1 aromatic heterocycles. The molecule has 0 aliphatic rings. The lowest BCUT2D eigenvalue weighted by atomic mass is 10.1. The zero-order chi connectivity index (χ0) is 14.4. The quantitative estimate of drug-likeness (QED) is 0.876. The Morgan fingerprint density at radius 3 is 2.50 bits per heavy atom. The van der Waals surface area contributed by atoms with Gasteiger partial charge in [0.05, 0.1) is 25.5 Å². The van der Waals surface area contributed by atoms with Gasteiger partial charge in [-0.3, -0.25) is 9.88 Å². The number of rotatable bonds is 6. The lowest BCUT2D eigenvalue weighted by molar-refractivity contribution is 0.141. The van der Waals surface area contributed by atoms with Crippen LogP contribution in [0.2, 0.25) is 0 Å². The highest BCUT2D eigenvalue weighted by Crippen LogP contribution is 2.22. The molecule has 0 radical (unpaired) electrons. The summed E-state index contributed by atoms with van der Waals surface area (Å²) in [6.45, 7) is 0.758. The van der Waals surface area contributed by atoms with Gasteiger partial charge in [0, 0.05) is 12.7 Å². The van der Waals surface area contributed by atoms with Crippen LogP contribution < -0.4 is 4.74 Å². The van der Waals surface area contributed by atoms with E-state index in [1.54, 1.807) is 13.3 Å². The van der Waals surface area contributed by atoms with Gasteiger partial charge in [-0.1, -0.05) is 18.2 Å². The predicted octanol–water partition coefficient (Wildman–Crippen LogP) is 2.26. The second-order valence-corrected chi connectivity index (χ2v) is 4.71. The van der Waals surface area contributed by atoms with Crippen LogP contribution in [0.1, 0.15) is 17.3 Å². The summed E-state index contributed by atoms with van der Waals surface area (Å²) in [5.41, 5.74) is 2.05. The highest BCUT2D eigenvalue weighted by Gasteiger charge is 2.16. The predicted molar refractivity (Wildman–Crippen MR) is 78.5 cm³/mol. The van der Waals surface area contributed by atoms with Crippen LogP contribution in [0.15, 0.2) is 48.7 Å². The highest BCUT2D eigenvalue weighted by atomic mass is 16.5. The van der Waals surface area contributed by atoms with E-state index in [4.69, 9.17) is 4.74 Å². The molecule has 4 heteroatoms. The summed E-state index contributed by atoms with van der Waals surface area (Å²) in [5, 5.41) is 9.66. The molecule has 106 valence electrons. The maximum atomic E-state index is 9.66. The molecule has 0 bridgehead atoms. The Bertz CT molecular complexity index is 514. The molecule has 2 aromatic rings. The number of hydrogen-bond donors (Lipinski definition) is 1. The van der Waals surface area contributed by atoms with Crippen LogP contribution in [0, 0.1) is 0 Å². The number of ether oxygens (including phenoxy) is 1. The molecule has 0 fully saturated rings. The third-order valence-electron chi connectivity index (χ3n) is 3.34. The van der Waals surface area contributed by atoms with Gasteiger partial charge < -0.3 is 9.84 Å². The first kappa shape index (κ1) is 14.5. The molecule has 0 saturated heterocycles. The fourth-order valence-corrected chi connectivity index (χ4v) is 2.18. The monoisotopic (exact) mass is 272 g/mol. The van der Waals surface area contributed by atoms with E-state index in [9.17, 15) is 5.11 Å². The van der Waals surface area contributed by atoms with E-state index < -0.39 is 0 Å². The largest absolute Gasteiger partial charge is 0.497 e. The van der Waals surface area contributed by atoms with Crippen LogP contribution in [-0.4, -0.2) is 35.8 Å². The molecule has 1 aromatic carbocycles. The normalized spacial score (nSPS) is 12.4. The third kappa shape index (κ3) is 3.56. The summed E-state index contributed by atoms with van der Waals surface area (Å²) >= 11 is 0. The summed E-state index contributed by atoms with van der Waals surface area (Å²) in [6, 6.07) is 13.6. The molecule has 0 spiro atoms.